The van der Waals surface area contributed by atoms with E-state index in [9.17, 15) is 0 Å². The minimum Gasteiger partial charge on any atom is -0.382 e. The average Bonchev–Trinajstić information content (AvgIpc) is 2.85. The van der Waals surface area contributed by atoms with Crippen molar-refractivity contribution in [3.05, 3.63) is 11.9 Å². The second-order valence-electron chi connectivity index (χ2n) is 4.42. The summed E-state index contributed by atoms with van der Waals surface area (Å²) < 4.78 is 2.29. The van der Waals surface area contributed by atoms with Crippen molar-refractivity contribution in [2.75, 3.05) is 11.9 Å². The first-order valence-corrected chi connectivity index (χ1v) is 5.75. The molecule has 2 aliphatic rings. The van der Waals surface area contributed by atoms with Crippen LogP contribution in [-0.4, -0.2) is 16.3 Å². The standard InChI is InChI=1S/C11H17N3/c1-2-5-9(4-1)14-11-6-3-7-12-10(11)8-13-14/h8-9,12H,1-7H2. The topological polar surface area (TPSA) is 29.9 Å². The molecule has 0 unspecified atom stereocenters. The maximum Gasteiger partial charge on any atom is 0.0759 e. The molecule has 1 aliphatic carbocycles. The molecule has 0 saturated heterocycles. The summed E-state index contributed by atoms with van der Waals surface area (Å²) in [4.78, 5) is 0. The van der Waals surface area contributed by atoms with Gasteiger partial charge < -0.3 is 5.32 Å². The van der Waals surface area contributed by atoms with Gasteiger partial charge in [-0.1, -0.05) is 12.8 Å². The molecule has 0 aromatic carbocycles. The Balaban J connectivity index is 1.93. The molecule has 3 nitrogen and oxygen atoms in total. The summed E-state index contributed by atoms with van der Waals surface area (Å²) >= 11 is 0. The fraction of sp³-hybridized carbons (Fsp3) is 0.727. The number of fused-ring (bicyclic) bond motifs is 1. The molecule has 3 heteroatoms. The predicted molar refractivity (Wildman–Crippen MR) is 56.5 cm³/mol. The summed E-state index contributed by atoms with van der Waals surface area (Å²) in [6.07, 6.45) is 9.89. The summed E-state index contributed by atoms with van der Waals surface area (Å²) in [5.74, 6) is 0. The molecular weight excluding hydrogens is 174 g/mol. The summed E-state index contributed by atoms with van der Waals surface area (Å²) in [6, 6.07) is 0.693. The summed E-state index contributed by atoms with van der Waals surface area (Å²) in [5.41, 5.74) is 2.73. The zero-order chi connectivity index (χ0) is 9.38. The minimum absolute atomic E-state index is 0.693. The van der Waals surface area contributed by atoms with E-state index in [2.05, 4.69) is 15.1 Å². The second kappa shape index (κ2) is 3.30. The minimum atomic E-state index is 0.693. The quantitative estimate of drug-likeness (QED) is 0.738. The van der Waals surface area contributed by atoms with Crippen LogP contribution in [0.15, 0.2) is 6.20 Å². The number of nitrogens with one attached hydrogen (secondary N) is 1. The Kier molecular flexibility index (Phi) is 1.96. The van der Waals surface area contributed by atoms with Crippen LogP contribution in [0.25, 0.3) is 0 Å². The van der Waals surface area contributed by atoms with Crippen LogP contribution in [-0.2, 0) is 6.42 Å². The van der Waals surface area contributed by atoms with Crippen molar-refractivity contribution in [1.29, 1.82) is 0 Å². The van der Waals surface area contributed by atoms with Crippen molar-refractivity contribution >= 4 is 5.69 Å². The Labute approximate surface area is 84.5 Å². The van der Waals surface area contributed by atoms with Gasteiger partial charge in [-0.15, -0.1) is 0 Å². The molecule has 0 spiro atoms. The number of hydrogen-bond donors (Lipinski definition) is 1. The molecule has 0 amide bonds. The van der Waals surface area contributed by atoms with E-state index in [-0.39, 0.29) is 0 Å². The fourth-order valence-electron chi connectivity index (χ4n) is 2.73. The Bertz CT molecular complexity index is 323. The molecule has 76 valence electrons. The van der Waals surface area contributed by atoms with Gasteiger partial charge in [0.15, 0.2) is 0 Å². The van der Waals surface area contributed by atoms with Crippen molar-refractivity contribution in [2.45, 2.75) is 44.6 Å². The van der Waals surface area contributed by atoms with Crippen LogP contribution in [0, 0.1) is 0 Å². The molecule has 1 aromatic heterocycles. The molecule has 0 atom stereocenters. The molecule has 1 fully saturated rings. The van der Waals surface area contributed by atoms with Gasteiger partial charge in [-0.05, 0) is 25.7 Å². The normalized spacial score (nSPS) is 22.0. The van der Waals surface area contributed by atoms with Crippen LogP contribution in [0.2, 0.25) is 0 Å². The van der Waals surface area contributed by atoms with Gasteiger partial charge in [0.2, 0.25) is 0 Å². The lowest BCUT2D eigenvalue weighted by atomic mass is 10.1. The van der Waals surface area contributed by atoms with Crippen LogP contribution < -0.4 is 5.32 Å². The molecule has 0 radical (unpaired) electrons. The van der Waals surface area contributed by atoms with E-state index >= 15 is 0 Å². The summed E-state index contributed by atoms with van der Waals surface area (Å²) in [6.45, 7) is 1.11. The first-order chi connectivity index (χ1) is 6.95. The zero-order valence-electron chi connectivity index (χ0n) is 8.50. The van der Waals surface area contributed by atoms with Crippen molar-refractivity contribution in [1.82, 2.24) is 9.78 Å². The molecule has 1 aromatic rings. The number of nitrogens with zero attached hydrogens (tertiary/aromatic N) is 2. The SMILES string of the molecule is c1nn(C2CCCC2)c2c1NCCC2. The van der Waals surface area contributed by atoms with Crippen molar-refractivity contribution in [3.8, 4) is 0 Å². The number of rotatable bonds is 1. The van der Waals surface area contributed by atoms with Crippen LogP contribution >= 0.6 is 0 Å². The molecule has 1 saturated carbocycles. The highest BCUT2D eigenvalue weighted by Gasteiger charge is 2.23. The Morgan fingerprint density at radius 2 is 2.14 bits per heavy atom. The molecule has 1 N–H and O–H groups in total. The van der Waals surface area contributed by atoms with E-state index in [0.717, 1.165) is 6.54 Å². The van der Waals surface area contributed by atoms with Gasteiger partial charge in [-0.3, -0.25) is 4.68 Å². The highest BCUT2D eigenvalue weighted by Crippen LogP contribution is 2.33. The Morgan fingerprint density at radius 1 is 1.29 bits per heavy atom. The van der Waals surface area contributed by atoms with E-state index in [1.165, 1.54) is 49.9 Å². The van der Waals surface area contributed by atoms with Gasteiger partial charge in [0.05, 0.1) is 23.6 Å². The lowest BCUT2D eigenvalue weighted by Crippen LogP contribution is -2.16. The predicted octanol–water partition coefficient (Wildman–Crippen LogP) is 2.36. The molecule has 1 aliphatic heterocycles. The number of aromatic nitrogens is 2. The van der Waals surface area contributed by atoms with E-state index in [4.69, 9.17) is 0 Å². The van der Waals surface area contributed by atoms with Gasteiger partial charge in [0.25, 0.3) is 0 Å². The lowest BCUT2D eigenvalue weighted by molar-refractivity contribution is 0.447. The van der Waals surface area contributed by atoms with Crippen molar-refractivity contribution < 1.29 is 0 Å². The first-order valence-electron chi connectivity index (χ1n) is 5.75. The molecule has 14 heavy (non-hydrogen) atoms. The highest BCUT2D eigenvalue weighted by atomic mass is 15.3. The van der Waals surface area contributed by atoms with Crippen molar-refractivity contribution in [3.63, 3.8) is 0 Å². The van der Waals surface area contributed by atoms with Crippen molar-refractivity contribution in [2.24, 2.45) is 0 Å². The van der Waals surface area contributed by atoms with Gasteiger partial charge in [-0.2, -0.15) is 5.10 Å². The maximum atomic E-state index is 4.53. The third-order valence-electron chi connectivity index (χ3n) is 3.48. The van der Waals surface area contributed by atoms with Crippen LogP contribution in [0.1, 0.15) is 43.8 Å². The van der Waals surface area contributed by atoms with Crippen LogP contribution in [0.3, 0.4) is 0 Å². The average molecular weight is 191 g/mol. The fourth-order valence-corrected chi connectivity index (χ4v) is 2.73. The van der Waals surface area contributed by atoms with Crippen LogP contribution in [0.5, 0.6) is 0 Å². The Morgan fingerprint density at radius 3 is 3.00 bits per heavy atom. The maximum absolute atomic E-state index is 4.53. The molecule has 0 bridgehead atoms. The summed E-state index contributed by atoms with van der Waals surface area (Å²) in [5, 5.41) is 7.96. The largest absolute Gasteiger partial charge is 0.382 e. The van der Waals surface area contributed by atoms with Gasteiger partial charge in [0.1, 0.15) is 0 Å². The number of hydrogen-bond acceptors (Lipinski definition) is 2. The van der Waals surface area contributed by atoms with Gasteiger partial charge in [0, 0.05) is 6.54 Å². The molecule has 2 heterocycles. The molecular formula is C11H17N3. The van der Waals surface area contributed by atoms with Crippen LogP contribution in [0.4, 0.5) is 5.69 Å². The zero-order valence-corrected chi connectivity index (χ0v) is 8.50. The third kappa shape index (κ3) is 1.22. The highest BCUT2D eigenvalue weighted by molar-refractivity contribution is 5.48. The Hall–Kier alpha value is -0.990. The smallest absolute Gasteiger partial charge is 0.0759 e. The van der Waals surface area contributed by atoms with Gasteiger partial charge in [-0.25, -0.2) is 0 Å². The van der Waals surface area contributed by atoms with E-state index in [0.29, 0.717) is 6.04 Å². The van der Waals surface area contributed by atoms with Gasteiger partial charge >= 0.3 is 0 Å². The third-order valence-corrected chi connectivity index (χ3v) is 3.48. The lowest BCUT2D eigenvalue weighted by Gasteiger charge is -2.19. The van der Waals surface area contributed by atoms with E-state index in [1.807, 2.05) is 6.20 Å². The molecule has 3 rings (SSSR count). The van der Waals surface area contributed by atoms with E-state index in [1.54, 1.807) is 0 Å². The summed E-state index contributed by atoms with van der Waals surface area (Å²) in [7, 11) is 0. The number of anilines is 1. The second-order valence-corrected chi connectivity index (χ2v) is 4.42. The first kappa shape index (κ1) is 8.33. The van der Waals surface area contributed by atoms with E-state index < -0.39 is 0 Å². The monoisotopic (exact) mass is 191 g/mol.